The van der Waals surface area contributed by atoms with E-state index in [2.05, 4.69) is 240 Å². The summed E-state index contributed by atoms with van der Waals surface area (Å²) in [5, 5.41) is 27.0. The highest BCUT2D eigenvalue weighted by Gasteiger charge is 2.49. The van der Waals surface area contributed by atoms with E-state index in [0.29, 0.717) is 104 Å². The Labute approximate surface area is 874 Å². The number of hydrogen-bond acceptors (Lipinski definition) is 18. The van der Waals surface area contributed by atoms with Crippen LogP contribution in [0.5, 0.6) is 0 Å². The predicted octanol–water partition coefficient (Wildman–Crippen LogP) is 18.1. The number of ether oxygens (including phenoxy) is 2. The van der Waals surface area contributed by atoms with Crippen LogP contribution in [0.15, 0.2) is 170 Å². The molecule has 146 heavy (non-hydrogen) atoms. The van der Waals surface area contributed by atoms with E-state index in [9.17, 15) is 47.9 Å². The van der Waals surface area contributed by atoms with E-state index in [0.717, 1.165) is 65.3 Å². The van der Waals surface area contributed by atoms with Crippen LogP contribution in [0.1, 0.15) is 173 Å². The molecule has 4 aliphatic rings. The molecule has 0 saturated carbocycles. The quantitative estimate of drug-likeness (QED) is 0.0213. The van der Waals surface area contributed by atoms with Crippen LogP contribution in [0.4, 0.5) is 9.59 Å². The van der Waals surface area contributed by atoms with Crippen LogP contribution in [0.2, 0.25) is 72.5 Å². The van der Waals surface area contributed by atoms with Crippen molar-refractivity contribution < 1.29 is 75.1 Å². The minimum absolute atomic E-state index is 0.0185. The Balaban J connectivity index is 0.000000217. The van der Waals surface area contributed by atoms with Crippen LogP contribution < -0.4 is 31.9 Å². The van der Waals surface area contributed by atoms with Gasteiger partial charge in [-0.3, -0.25) is 48.2 Å². The summed E-state index contributed by atoms with van der Waals surface area (Å²) >= 11 is 0. The van der Waals surface area contributed by atoms with Crippen LogP contribution in [0.25, 0.3) is 43.1 Å². The molecule has 10 amide bonds. The minimum Gasteiger partial charge on any atom is -0.444 e. The fraction of sp³-hybridized carbons (Fsp3) is 0.561. The summed E-state index contributed by atoms with van der Waals surface area (Å²) in [6, 6.07) is 52.5. The summed E-state index contributed by atoms with van der Waals surface area (Å²) in [4.78, 5) is 143. The highest BCUT2D eigenvalue weighted by Crippen LogP contribution is 2.42. The Morgan fingerprint density at radius 3 is 0.747 bits per heavy atom. The summed E-state index contributed by atoms with van der Waals surface area (Å²) < 4.78 is 36.7. The molecule has 32 heteroatoms. The van der Waals surface area contributed by atoms with Crippen molar-refractivity contribution >= 4 is 136 Å². The number of benzene rings is 8. The molecule has 4 aliphatic heterocycles. The summed E-state index contributed by atoms with van der Waals surface area (Å²) in [6.45, 7) is 59.9. The molecule has 0 spiro atoms. The van der Waals surface area contributed by atoms with Crippen LogP contribution in [-0.4, -0.2) is 289 Å². The lowest BCUT2D eigenvalue weighted by Gasteiger charge is -2.44. The van der Waals surface area contributed by atoms with Gasteiger partial charge in [-0.25, -0.2) is 9.59 Å². The largest absolute Gasteiger partial charge is 0.444 e. The molecule has 8 aromatic carbocycles. The van der Waals surface area contributed by atoms with Crippen molar-refractivity contribution in [3.05, 3.63) is 192 Å². The molecule has 6 N–H and O–H groups in total. The SMILES string of the molecule is CNC(=O)C(Cc1ccc2ccccc2c1)N1CCN(C(=O)OC(C)(C)C)C(CCO[Si](C)(C)C(C)(C)C)C1=O.CNC(=O)C(Cc1ccc2ccccc2c1)N1CCN(C(=O)OC(C)(C)C)C(CCO[Si](C)(C)C(C)(C)C)C1=O.CNC(=O)C(Cc1ccc2ccccc2c1)N1CCNC(CCO[Si](C)(C)C(C)(C)C)C1=O.CNC(=O)C(Cc1ccc2ccccc2c1)N1CCNC(CCO[Si](C)(C)C(C)(C)C)C1=O. The number of amides is 10. The molecule has 12 rings (SSSR count). The molecule has 4 heterocycles. The van der Waals surface area contributed by atoms with Gasteiger partial charge in [0.2, 0.25) is 47.3 Å². The Hall–Kier alpha value is -10.3. The Morgan fingerprint density at radius 2 is 0.527 bits per heavy atom. The van der Waals surface area contributed by atoms with Crippen LogP contribution in [0, 0.1) is 0 Å². The summed E-state index contributed by atoms with van der Waals surface area (Å²) in [5.41, 5.74) is 2.64. The maximum Gasteiger partial charge on any atom is 0.411 e. The highest BCUT2D eigenvalue weighted by atomic mass is 28.4. The van der Waals surface area contributed by atoms with Crippen molar-refractivity contribution in [1.29, 1.82) is 0 Å². The van der Waals surface area contributed by atoms with Crippen molar-refractivity contribution in [3.63, 3.8) is 0 Å². The highest BCUT2D eigenvalue weighted by molar-refractivity contribution is 6.75. The van der Waals surface area contributed by atoms with Gasteiger partial charge in [0.25, 0.3) is 0 Å². The third-order valence-electron chi connectivity index (χ3n) is 30.3. The van der Waals surface area contributed by atoms with Gasteiger partial charge in [-0.05, 0) is 205 Å². The summed E-state index contributed by atoms with van der Waals surface area (Å²) in [5.74, 6) is -1.28. The van der Waals surface area contributed by atoms with Gasteiger partial charge in [-0.15, -0.1) is 0 Å². The number of nitrogens with one attached hydrogen (secondary N) is 6. The first-order valence-electron chi connectivity index (χ1n) is 52.2. The van der Waals surface area contributed by atoms with Crippen LogP contribution >= 0.6 is 0 Å². The molecule has 8 aromatic rings. The van der Waals surface area contributed by atoms with E-state index in [4.69, 9.17) is 27.2 Å². The number of nitrogens with zero attached hydrogens (tertiary/aromatic N) is 6. The number of hydrogen-bond donors (Lipinski definition) is 6. The number of piperazine rings is 4. The van der Waals surface area contributed by atoms with Crippen molar-refractivity contribution in [2.24, 2.45) is 0 Å². The zero-order valence-electron chi connectivity index (χ0n) is 93.1. The van der Waals surface area contributed by atoms with E-state index >= 15 is 0 Å². The van der Waals surface area contributed by atoms with Gasteiger partial charge in [-0.1, -0.05) is 253 Å². The molecule has 800 valence electrons. The lowest BCUT2D eigenvalue weighted by Crippen LogP contribution is -2.64. The maximum absolute atomic E-state index is 14.1. The Kier molecular flexibility index (Phi) is 41.5. The predicted molar refractivity (Wildman–Crippen MR) is 597 cm³/mol. The normalized spacial score (nSPS) is 18.0. The molecule has 0 radical (unpaired) electrons. The molecule has 4 fully saturated rings. The molecule has 8 atom stereocenters. The number of fused-ring (bicyclic) bond motifs is 4. The fourth-order valence-corrected chi connectivity index (χ4v) is 21.7. The third kappa shape index (κ3) is 32.4. The van der Waals surface area contributed by atoms with Crippen molar-refractivity contribution in [3.8, 4) is 0 Å². The third-order valence-corrected chi connectivity index (χ3v) is 48.5. The van der Waals surface area contributed by atoms with Gasteiger partial charge in [0.15, 0.2) is 33.3 Å². The average molecular weight is 2080 g/mol. The average Bonchev–Trinajstić information content (AvgIpc) is 0.781. The molecular weight excluding hydrogens is 1910 g/mol. The summed E-state index contributed by atoms with van der Waals surface area (Å²) in [6.07, 6.45) is 2.55. The zero-order valence-corrected chi connectivity index (χ0v) is 97.1. The topological polar surface area (TPSA) is 318 Å². The second-order valence-electron chi connectivity index (χ2n) is 47.2. The Bertz CT molecular complexity index is 5450. The number of rotatable bonds is 32. The minimum atomic E-state index is -2.06. The molecule has 8 unspecified atom stereocenters. The van der Waals surface area contributed by atoms with E-state index in [1.807, 2.05) is 139 Å². The zero-order chi connectivity index (χ0) is 108. The van der Waals surface area contributed by atoms with E-state index in [-0.39, 0.29) is 106 Å². The number of likely N-dealkylation sites (N-methyl/N-ethyl adjacent to an activating group) is 4. The smallest absolute Gasteiger partial charge is 0.411 e. The van der Waals surface area contributed by atoms with Gasteiger partial charge in [0.05, 0.1) is 12.1 Å². The van der Waals surface area contributed by atoms with Gasteiger partial charge >= 0.3 is 12.2 Å². The molecule has 28 nitrogen and oxygen atoms in total. The van der Waals surface area contributed by atoms with Gasteiger partial charge < -0.3 is 78.7 Å². The van der Waals surface area contributed by atoms with Crippen molar-refractivity contribution in [1.82, 2.24) is 61.3 Å². The van der Waals surface area contributed by atoms with E-state index in [1.54, 1.807) is 47.8 Å². The molecule has 4 saturated heterocycles. The number of carbonyl (C=O) groups excluding carboxylic acids is 10. The molecule has 0 bridgehead atoms. The lowest BCUT2D eigenvalue weighted by molar-refractivity contribution is -0.149. The van der Waals surface area contributed by atoms with E-state index in [1.165, 1.54) is 9.80 Å². The monoisotopic (exact) mass is 2080 g/mol. The molecular formula is C114H172N12O16Si4. The molecule has 0 aromatic heterocycles. The van der Waals surface area contributed by atoms with Crippen LogP contribution in [-0.2, 0) is 91.2 Å². The van der Waals surface area contributed by atoms with Crippen molar-refractivity contribution in [2.75, 3.05) is 107 Å². The number of carbonyl (C=O) groups is 10. The lowest BCUT2D eigenvalue weighted by atomic mass is 9.98. The van der Waals surface area contributed by atoms with Crippen LogP contribution in [0.3, 0.4) is 0 Å². The van der Waals surface area contributed by atoms with Gasteiger partial charge in [0, 0.05) is 133 Å². The first kappa shape index (κ1) is 119. The van der Waals surface area contributed by atoms with Gasteiger partial charge in [0.1, 0.15) is 47.5 Å². The standard InChI is InChI=1S/2C31H47N3O5Si.2C26H39N3O3Si/c2*1-30(2,3)39-29(37)34-18-17-33(28(36)25(34)16-19-38-40(8,9)31(4,5)6)26(27(35)32-7)21-22-14-15-23-12-10-11-13-24(23)20-22;2*1-26(2,3)33(5,6)32-16-13-22-25(31)29(15-14-28-22)23(24(30)27-4)18-19-11-12-20-9-7-8-10-21(20)17-19/h2*10-15,20,25-26H,16-19,21H2,1-9H3,(H,32,35);2*7-12,17,22-23,28H,13-16,18H2,1-6H3,(H,27,30). The first-order valence-corrected chi connectivity index (χ1v) is 63.8. The second kappa shape index (κ2) is 50.8. The van der Waals surface area contributed by atoms with Gasteiger partial charge in [-0.2, -0.15) is 0 Å². The molecule has 0 aliphatic carbocycles. The van der Waals surface area contributed by atoms with Crippen molar-refractivity contribution in [2.45, 2.75) is 308 Å². The second-order valence-corrected chi connectivity index (χ2v) is 66.4. The summed E-state index contributed by atoms with van der Waals surface area (Å²) in [7, 11) is -1.41. The Morgan fingerprint density at radius 1 is 0.308 bits per heavy atom. The van der Waals surface area contributed by atoms with E-state index < -0.39 is 92.9 Å². The fourth-order valence-electron chi connectivity index (χ4n) is 17.4. The first-order chi connectivity index (χ1) is 68.1. The maximum atomic E-state index is 14.1.